The van der Waals surface area contributed by atoms with Gasteiger partial charge in [0, 0.05) is 31.4 Å². The van der Waals surface area contributed by atoms with E-state index in [4.69, 9.17) is 0 Å². The van der Waals surface area contributed by atoms with Gasteiger partial charge >= 0.3 is 0 Å². The van der Waals surface area contributed by atoms with Crippen LogP contribution in [0.3, 0.4) is 0 Å². The number of hydrogen-bond donors (Lipinski definition) is 1. The fraction of sp³-hybridized carbons (Fsp3) is 1.00. The van der Waals surface area contributed by atoms with Crippen LogP contribution in [0.15, 0.2) is 0 Å². The first-order valence-corrected chi connectivity index (χ1v) is 8.56. The van der Waals surface area contributed by atoms with Crippen molar-refractivity contribution in [2.24, 2.45) is 0 Å². The van der Waals surface area contributed by atoms with E-state index in [1.807, 2.05) is 7.05 Å². The molecule has 5 heteroatoms. The molecule has 100 valence electrons. The highest BCUT2D eigenvalue weighted by molar-refractivity contribution is 7.91. The lowest BCUT2D eigenvalue weighted by Gasteiger charge is -2.34. The van der Waals surface area contributed by atoms with Crippen molar-refractivity contribution < 1.29 is 8.42 Å². The molecule has 3 atom stereocenters. The van der Waals surface area contributed by atoms with Crippen molar-refractivity contribution >= 4 is 9.84 Å². The normalized spacial score (nSPS) is 36.2. The van der Waals surface area contributed by atoms with E-state index >= 15 is 0 Å². The molecule has 2 fully saturated rings. The summed E-state index contributed by atoms with van der Waals surface area (Å²) in [4.78, 5) is 2.48. The Morgan fingerprint density at radius 2 is 2.00 bits per heavy atom. The SMILES string of the molecule is CNC1CCN(C2CCCC(S(C)(=O)=O)C2)C1. The minimum absolute atomic E-state index is 0.102. The monoisotopic (exact) mass is 260 g/mol. The van der Waals surface area contributed by atoms with Gasteiger partial charge in [0.15, 0.2) is 0 Å². The largest absolute Gasteiger partial charge is 0.316 e. The summed E-state index contributed by atoms with van der Waals surface area (Å²) in [6, 6.07) is 1.08. The average Bonchev–Trinajstić information content (AvgIpc) is 2.76. The molecule has 0 amide bonds. The molecule has 2 rings (SSSR count). The Morgan fingerprint density at radius 1 is 1.24 bits per heavy atom. The number of sulfone groups is 1. The number of hydrogen-bond acceptors (Lipinski definition) is 4. The van der Waals surface area contributed by atoms with Gasteiger partial charge in [-0.2, -0.15) is 0 Å². The molecule has 1 heterocycles. The third-order valence-corrected chi connectivity index (χ3v) is 5.99. The van der Waals surface area contributed by atoms with Crippen LogP contribution in [-0.2, 0) is 9.84 Å². The molecule has 0 aromatic rings. The fourth-order valence-electron chi connectivity index (χ4n) is 3.20. The molecule has 2 aliphatic rings. The smallest absolute Gasteiger partial charge is 0.150 e. The average molecular weight is 260 g/mol. The number of rotatable bonds is 3. The molecule has 4 nitrogen and oxygen atoms in total. The summed E-state index contributed by atoms with van der Waals surface area (Å²) >= 11 is 0. The molecule has 0 spiro atoms. The van der Waals surface area contributed by atoms with Gasteiger partial charge in [-0.1, -0.05) is 6.42 Å². The second-order valence-corrected chi connectivity index (χ2v) is 7.87. The maximum Gasteiger partial charge on any atom is 0.150 e. The van der Waals surface area contributed by atoms with Crippen molar-refractivity contribution in [2.45, 2.75) is 49.4 Å². The van der Waals surface area contributed by atoms with Crippen LogP contribution in [0.25, 0.3) is 0 Å². The first-order valence-electron chi connectivity index (χ1n) is 6.61. The summed E-state index contributed by atoms with van der Waals surface area (Å²) < 4.78 is 23.3. The highest BCUT2D eigenvalue weighted by Gasteiger charge is 2.34. The lowest BCUT2D eigenvalue weighted by molar-refractivity contribution is 0.189. The predicted octanol–water partition coefficient (Wildman–Crippen LogP) is 0.636. The third kappa shape index (κ3) is 3.20. The van der Waals surface area contributed by atoms with Gasteiger partial charge in [0.1, 0.15) is 9.84 Å². The number of likely N-dealkylation sites (N-methyl/N-ethyl adjacent to an activating group) is 1. The highest BCUT2D eigenvalue weighted by Crippen LogP contribution is 2.29. The molecule has 1 aliphatic carbocycles. The lowest BCUT2D eigenvalue weighted by Crippen LogP contribution is -2.42. The Labute approximate surface area is 105 Å². The van der Waals surface area contributed by atoms with E-state index < -0.39 is 9.84 Å². The Bertz CT molecular complexity index is 356. The van der Waals surface area contributed by atoms with E-state index in [0.717, 1.165) is 32.4 Å². The molecule has 1 saturated carbocycles. The Morgan fingerprint density at radius 3 is 2.59 bits per heavy atom. The fourth-order valence-corrected chi connectivity index (χ4v) is 4.36. The van der Waals surface area contributed by atoms with Crippen LogP contribution < -0.4 is 5.32 Å². The van der Waals surface area contributed by atoms with Crippen LogP contribution in [0.1, 0.15) is 32.1 Å². The predicted molar refractivity (Wildman–Crippen MR) is 69.9 cm³/mol. The van der Waals surface area contributed by atoms with Crippen LogP contribution in [0.4, 0.5) is 0 Å². The molecule has 0 aromatic carbocycles. The number of nitrogens with zero attached hydrogens (tertiary/aromatic N) is 1. The maximum atomic E-state index is 11.6. The number of likely N-dealkylation sites (tertiary alicyclic amines) is 1. The second kappa shape index (κ2) is 5.24. The maximum absolute atomic E-state index is 11.6. The van der Waals surface area contributed by atoms with E-state index in [1.165, 1.54) is 19.1 Å². The first-order chi connectivity index (χ1) is 8.00. The first kappa shape index (κ1) is 13.3. The van der Waals surface area contributed by atoms with Gasteiger partial charge in [-0.15, -0.1) is 0 Å². The van der Waals surface area contributed by atoms with Gasteiger partial charge in [-0.3, -0.25) is 4.90 Å². The van der Waals surface area contributed by atoms with Crippen LogP contribution in [0.2, 0.25) is 0 Å². The molecule has 0 radical (unpaired) electrons. The summed E-state index contributed by atoms with van der Waals surface area (Å²) in [6.07, 6.45) is 6.51. The summed E-state index contributed by atoms with van der Waals surface area (Å²) in [7, 11) is -0.841. The topological polar surface area (TPSA) is 49.4 Å². The van der Waals surface area contributed by atoms with E-state index in [1.54, 1.807) is 0 Å². The van der Waals surface area contributed by atoms with Crippen molar-refractivity contribution in [3.05, 3.63) is 0 Å². The molecule has 1 aliphatic heterocycles. The highest BCUT2D eigenvalue weighted by atomic mass is 32.2. The zero-order chi connectivity index (χ0) is 12.5. The summed E-state index contributed by atoms with van der Waals surface area (Å²) in [6.45, 7) is 2.20. The van der Waals surface area contributed by atoms with E-state index in [0.29, 0.717) is 12.1 Å². The summed E-state index contributed by atoms with van der Waals surface area (Å²) in [5.74, 6) is 0. The van der Waals surface area contributed by atoms with E-state index in [2.05, 4.69) is 10.2 Å². The molecular weight excluding hydrogens is 236 g/mol. The molecule has 0 aromatic heterocycles. The van der Waals surface area contributed by atoms with Gasteiger partial charge in [-0.25, -0.2) is 8.42 Å². The quantitative estimate of drug-likeness (QED) is 0.809. The Kier molecular flexibility index (Phi) is 4.10. The molecule has 1 N–H and O–H groups in total. The molecule has 0 bridgehead atoms. The minimum Gasteiger partial charge on any atom is -0.316 e. The second-order valence-electron chi connectivity index (χ2n) is 5.54. The third-order valence-electron chi connectivity index (χ3n) is 4.35. The van der Waals surface area contributed by atoms with Gasteiger partial charge in [0.05, 0.1) is 5.25 Å². The summed E-state index contributed by atoms with van der Waals surface area (Å²) in [5, 5.41) is 3.21. The molecule has 17 heavy (non-hydrogen) atoms. The van der Waals surface area contributed by atoms with Crippen LogP contribution in [-0.4, -0.2) is 57.0 Å². The van der Waals surface area contributed by atoms with Gasteiger partial charge in [-0.05, 0) is 32.7 Å². The van der Waals surface area contributed by atoms with Crippen LogP contribution in [0, 0.1) is 0 Å². The van der Waals surface area contributed by atoms with Crippen LogP contribution >= 0.6 is 0 Å². The van der Waals surface area contributed by atoms with Gasteiger partial charge in [0.2, 0.25) is 0 Å². The number of nitrogens with one attached hydrogen (secondary N) is 1. The van der Waals surface area contributed by atoms with Gasteiger partial charge < -0.3 is 5.32 Å². The van der Waals surface area contributed by atoms with Crippen molar-refractivity contribution in [2.75, 3.05) is 26.4 Å². The Hall–Kier alpha value is -0.130. The van der Waals surface area contributed by atoms with Crippen molar-refractivity contribution in [1.82, 2.24) is 10.2 Å². The standard InChI is InChI=1S/C12H24N2O2S/c1-13-10-6-7-14(9-10)11-4-3-5-12(8-11)17(2,15)16/h10-13H,3-9H2,1-2H3. The van der Waals surface area contributed by atoms with Gasteiger partial charge in [0.25, 0.3) is 0 Å². The zero-order valence-electron chi connectivity index (χ0n) is 10.9. The van der Waals surface area contributed by atoms with E-state index in [9.17, 15) is 8.42 Å². The molecule has 1 saturated heterocycles. The summed E-state index contributed by atoms with van der Waals surface area (Å²) in [5.41, 5.74) is 0. The molecular formula is C12H24N2O2S. The van der Waals surface area contributed by atoms with Crippen molar-refractivity contribution in [3.8, 4) is 0 Å². The Balaban J connectivity index is 1.94. The van der Waals surface area contributed by atoms with Crippen molar-refractivity contribution in [1.29, 1.82) is 0 Å². The zero-order valence-corrected chi connectivity index (χ0v) is 11.7. The lowest BCUT2D eigenvalue weighted by atomic mass is 9.94. The van der Waals surface area contributed by atoms with Crippen LogP contribution in [0.5, 0.6) is 0 Å². The van der Waals surface area contributed by atoms with Crippen molar-refractivity contribution in [3.63, 3.8) is 0 Å². The van der Waals surface area contributed by atoms with E-state index in [-0.39, 0.29) is 5.25 Å². The molecule has 3 unspecified atom stereocenters. The minimum atomic E-state index is -2.85.